The van der Waals surface area contributed by atoms with Gasteiger partial charge < -0.3 is 14.6 Å². The van der Waals surface area contributed by atoms with Gasteiger partial charge in [0.1, 0.15) is 17.9 Å². The molecule has 1 N–H and O–H groups in total. The molecule has 1 aromatic carbocycles. The molecule has 0 bridgehead atoms. The number of aliphatic carboxylic acids is 1. The number of sulfone groups is 1. The third-order valence-electron chi connectivity index (χ3n) is 4.14. The van der Waals surface area contributed by atoms with Crippen molar-refractivity contribution in [1.29, 1.82) is 0 Å². The van der Waals surface area contributed by atoms with Gasteiger partial charge in [-0.15, -0.1) is 5.10 Å². The van der Waals surface area contributed by atoms with Crippen LogP contribution in [0.5, 0.6) is 23.3 Å². The number of carboxylic acids is 1. The van der Waals surface area contributed by atoms with Gasteiger partial charge in [0.2, 0.25) is 16.8 Å². The second-order valence-electron chi connectivity index (χ2n) is 6.79. The summed E-state index contributed by atoms with van der Waals surface area (Å²) in [5.74, 6) is -5.01. The molecule has 0 amide bonds. The fraction of sp³-hybridized carbons (Fsp3) is 0.222. The van der Waals surface area contributed by atoms with Crippen LogP contribution in [0.4, 0.5) is 4.39 Å². The lowest BCUT2D eigenvalue weighted by Crippen LogP contribution is -2.20. The van der Waals surface area contributed by atoms with Gasteiger partial charge in [-0.3, -0.25) is 4.79 Å². The summed E-state index contributed by atoms with van der Waals surface area (Å²) >= 11 is 0. The van der Waals surface area contributed by atoms with E-state index in [-0.39, 0.29) is 21.6 Å². The predicted molar refractivity (Wildman–Crippen MR) is 110 cm³/mol. The number of para-hydroxylation sites is 1. The zero-order chi connectivity index (χ0) is 24.6. The van der Waals surface area contributed by atoms with E-state index in [1.54, 1.807) is 0 Å². The third kappa shape index (κ3) is 5.25. The van der Waals surface area contributed by atoms with Crippen LogP contribution < -0.4 is 9.47 Å². The number of rotatable bonds is 8. The second-order valence-corrected chi connectivity index (χ2v) is 10.5. The molecule has 0 aliphatic heterocycles. The van der Waals surface area contributed by atoms with Crippen LogP contribution >= 0.6 is 0 Å². The number of carboxylic acid groups (broad SMARTS) is 1. The highest BCUT2D eigenvalue weighted by Crippen LogP contribution is 2.37. The van der Waals surface area contributed by atoms with E-state index in [9.17, 15) is 31.1 Å². The SMILES string of the molecule is CC(C(=O)O)c1c(Oc2cc(Oc3ccccc3F)ncn2)c(S(C)(=O)=O)nn1S(C)(=O)=O. The standard InChI is InChI=1S/C18H17FN4O8S2/c1-10(18(24)25)15-16(17(32(2,26)27)22-23(15)33(3,28)29)31-14-8-13(20-9-21-14)30-12-7-5-4-6-11(12)19/h4-10H,1-3H3,(H,24,25). The Balaban J connectivity index is 2.14. The quantitative estimate of drug-likeness (QED) is 0.479. The van der Waals surface area contributed by atoms with Crippen LogP contribution in [0.1, 0.15) is 18.5 Å². The van der Waals surface area contributed by atoms with E-state index in [0.29, 0.717) is 0 Å². The number of hydrogen-bond acceptors (Lipinski definition) is 10. The monoisotopic (exact) mass is 500 g/mol. The lowest BCUT2D eigenvalue weighted by Gasteiger charge is -2.12. The number of nitrogens with zero attached hydrogens (tertiary/aromatic N) is 4. The number of hydrogen-bond donors (Lipinski definition) is 1. The van der Waals surface area contributed by atoms with Gasteiger partial charge in [0, 0.05) is 6.26 Å². The number of aromatic nitrogens is 4. The molecular weight excluding hydrogens is 483 g/mol. The van der Waals surface area contributed by atoms with E-state index >= 15 is 0 Å². The lowest BCUT2D eigenvalue weighted by atomic mass is 10.1. The molecule has 0 spiro atoms. The minimum atomic E-state index is -4.22. The Hall–Kier alpha value is -3.59. The minimum absolute atomic E-state index is 0.163. The molecule has 0 saturated carbocycles. The lowest BCUT2D eigenvalue weighted by molar-refractivity contribution is -0.138. The van der Waals surface area contributed by atoms with Gasteiger partial charge in [-0.1, -0.05) is 12.1 Å². The van der Waals surface area contributed by atoms with Crippen molar-refractivity contribution in [3.8, 4) is 23.3 Å². The molecule has 3 aromatic rings. The molecule has 1 unspecified atom stereocenters. The Morgan fingerprint density at radius 3 is 2.24 bits per heavy atom. The minimum Gasteiger partial charge on any atom is -0.481 e. The van der Waals surface area contributed by atoms with Gasteiger partial charge in [0.05, 0.1) is 12.3 Å². The largest absolute Gasteiger partial charge is 0.481 e. The second kappa shape index (κ2) is 8.74. The van der Waals surface area contributed by atoms with Crippen LogP contribution in [-0.4, -0.2) is 59.6 Å². The summed E-state index contributed by atoms with van der Waals surface area (Å²) in [5.41, 5.74) is -0.541. The zero-order valence-electron chi connectivity index (χ0n) is 17.3. The molecule has 2 heterocycles. The molecule has 176 valence electrons. The number of carbonyl (C=O) groups is 1. The van der Waals surface area contributed by atoms with Crippen molar-refractivity contribution < 1.29 is 40.6 Å². The molecular formula is C18H17FN4O8S2. The van der Waals surface area contributed by atoms with Gasteiger partial charge in [0.15, 0.2) is 27.2 Å². The molecule has 33 heavy (non-hydrogen) atoms. The van der Waals surface area contributed by atoms with Gasteiger partial charge >= 0.3 is 5.97 Å². The van der Waals surface area contributed by atoms with Gasteiger partial charge in [0.25, 0.3) is 10.0 Å². The first kappa shape index (κ1) is 24.1. The number of halogens is 1. The molecule has 15 heteroatoms. The van der Waals surface area contributed by atoms with Crippen LogP contribution in [0.2, 0.25) is 0 Å². The highest BCUT2D eigenvalue weighted by Gasteiger charge is 2.35. The van der Waals surface area contributed by atoms with Gasteiger partial charge in [-0.2, -0.15) is 4.09 Å². The maximum atomic E-state index is 13.8. The van der Waals surface area contributed by atoms with Crippen molar-refractivity contribution in [3.05, 3.63) is 48.2 Å². The Labute approximate surface area is 187 Å². The molecule has 2 aromatic heterocycles. The fourth-order valence-corrected chi connectivity index (χ4v) is 4.22. The Kier molecular flexibility index (Phi) is 6.37. The molecule has 0 aliphatic rings. The maximum absolute atomic E-state index is 13.8. The summed E-state index contributed by atoms with van der Waals surface area (Å²) in [6.45, 7) is 1.13. The predicted octanol–water partition coefficient (Wildman–Crippen LogP) is 1.80. The number of benzene rings is 1. The first-order valence-electron chi connectivity index (χ1n) is 8.97. The number of ether oxygens (including phenoxy) is 2. The molecule has 0 saturated heterocycles. The first-order valence-corrected chi connectivity index (χ1v) is 12.7. The highest BCUT2D eigenvalue weighted by atomic mass is 32.2. The summed E-state index contributed by atoms with van der Waals surface area (Å²) in [7, 11) is -8.40. The average molecular weight is 500 g/mol. The van der Waals surface area contributed by atoms with E-state index < -0.39 is 54.0 Å². The van der Waals surface area contributed by atoms with Crippen molar-refractivity contribution in [2.75, 3.05) is 12.5 Å². The molecule has 0 aliphatic carbocycles. The summed E-state index contributed by atoms with van der Waals surface area (Å²) in [5, 5.41) is 12.2. The molecule has 12 nitrogen and oxygen atoms in total. The molecule has 3 rings (SSSR count). The summed E-state index contributed by atoms with van der Waals surface area (Å²) in [6.07, 6.45) is 2.43. The van der Waals surface area contributed by atoms with Crippen molar-refractivity contribution in [2.24, 2.45) is 0 Å². The maximum Gasteiger partial charge on any atom is 0.312 e. The average Bonchev–Trinajstić information content (AvgIpc) is 3.09. The smallest absolute Gasteiger partial charge is 0.312 e. The van der Waals surface area contributed by atoms with Crippen molar-refractivity contribution in [1.82, 2.24) is 19.2 Å². The fourth-order valence-electron chi connectivity index (χ4n) is 2.63. The van der Waals surface area contributed by atoms with E-state index in [4.69, 9.17) is 9.47 Å². The summed E-state index contributed by atoms with van der Waals surface area (Å²) in [4.78, 5) is 19.2. The van der Waals surface area contributed by atoms with E-state index in [1.165, 1.54) is 18.2 Å². The van der Waals surface area contributed by atoms with Gasteiger partial charge in [-0.25, -0.2) is 31.2 Å². The van der Waals surface area contributed by atoms with Crippen LogP contribution in [-0.2, 0) is 24.7 Å². The van der Waals surface area contributed by atoms with Crippen LogP contribution in [0, 0.1) is 5.82 Å². The zero-order valence-corrected chi connectivity index (χ0v) is 19.0. The molecule has 0 radical (unpaired) electrons. The molecule has 0 fully saturated rings. The van der Waals surface area contributed by atoms with Crippen LogP contribution in [0.25, 0.3) is 0 Å². The van der Waals surface area contributed by atoms with Gasteiger partial charge in [-0.05, 0) is 19.1 Å². The Bertz CT molecular complexity index is 1440. The first-order chi connectivity index (χ1) is 15.3. The van der Waals surface area contributed by atoms with Crippen molar-refractivity contribution in [3.63, 3.8) is 0 Å². The summed E-state index contributed by atoms with van der Waals surface area (Å²) in [6, 6.07) is 6.54. The third-order valence-corrected chi connectivity index (χ3v) is 6.01. The Morgan fingerprint density at radius 2 is 1.70 bits per heavy atom. The van der Waals surface area contributed by atoms with Crippen molar-refractivity contribution >= 4 is 25.8 Å². The van der Waals surface area contributed by atoms with Crippen LogP contribution in [0.3, 0.4) is 0 Å². The summed E-state index contributed by atoms with van der Waals surface area (Å²) < 4.78 is 73.9. The topological polar surface area (TPSA) is 168 Å². The van der Waals surface area contributed by atoms with E-state index in [1.807, 2.05) is 0 Å². The molecule has 1 atom stereocenters. The Morgan fingerprint density at radius 1 is 1.09 bits per heavy atom. The normalized spacial score (nSPS) is 12.8. The van der Waals surface area contributed by atoms with Crippen LogP contribution in [0.15, 0.2) is 41.7 Å². The highest BCUT2D eigenvalue weighted by molar-refractivity contribution is 7.91. The van der Waals surface area contributed by atoms with E-state index in [2.05, 4.69) is 15.1 Å². The van der Waals surface area contributed by atoms with E-state index in [0.717, 1.165) is 37.9 Å². The van der Waals surface area contributed by atoms with Crippen molar-refractivity contribution in [2.45, 2.75) is 17.9 Å².